The van der Waals surface area contributed by atoms with Crippen molar-refractivity contribution in [2.24, 2.45) is 5.92 Å². The van der Waals surface area contributed by atoms with E-state index in [1.807, 2.05) is 0 Å². The van der Waals surface area contributed by atoms with Crippen molar-refractivity contribution < 1.29 is 18.7 Å². The molecule has 4 nitrogen and oxygen atoms in total. The summed E-state index contributed by atoms with van der Waals surface area (Å²) in [5.74, 6) is -0.0256. The summed E-state index contributed by atoms with van der Waals surface area (Å²) in [4.78, 5) is 0. The molecule has 0 aromatic heterocycles. The minimum absolute atomic E-state index is 0.0256. The zero-order chi connectivity index (χ0) is 22.1. The third-order valence-electron chi connectivity index (χ3n) is 7.33. The number of aliphatic hydroxyl groups excluding tert-OH is 1. The lowest BCUT2D eigenvalue weighted by Gasteiger charge is -2.45. The first-order valence-corrected chi connectivity index (χ1v) is 16.2. The maximum atomic E-state index is 10.2. The molecule has 0 aromatic rings. The first kappa shape index (κ1) is 26.3. The molecular formula is C22H48O4Si2. The van der Waals surface area contributed by atoms with Gasteiger partial charge in [0.15, 0.2) is 16.6 Å². The lowest BCUT2D eigenvalue weighted by atomic mass is 9.98. The van der Waals surface area contributed by atoms with Crippen molar-refractivity contribution in [2.45, 2.75) is 122 Å². The summed E-state index contributed by atoms with van der Waals surface area (Å²) in [5, 5.41) is 10.3. The van der Waals surface area contributed by atoms with E-state index in [9.17, 15) is 5.11 Å². The molecule has 0 aliphatic carbocycles. The highest BCUT2D eigenvalue weighted by molar-refractivity contribution is 6.77. The molecule has 1 aliphatic heterocycles. The van der Waals surface area contributed by atoms with Gasteiger partial charge < -0.3 is 18.7 Å². The molecule has 0 bridgehead atoms. The van der Waals surface area contributed by atoms with Gasteiger partial charge in [0, 0.05) is 5.92 Å². The molecular weight excluding hydrogens is 384 g/mol. The molecule has 168 valence electrons. The number of aliphatic hydroxyl groups is 1. The summed E-state index contributed by atoms with van der Waals surface area (Å²) >= 11 is 0. The van der Waals surface area contributed by atoms with Crippen LogP contribution >= 0.6 is 0 Å². The monoisotopic (exact) mass is 432 g/mol. The minimum atomic E-state index is -2.00. The average molecular weight is 433 g/mol. The largest absolute Gasteiger partial charge is 0.413 e. The van der Waals surface area contributed by atoms with Gasteiger partial charge in [-0.2, -0.15) is 0 Å². The number of hydrogen-bond acceptors (Lipinski definition) is 4. The van der Waals surface area contributed by atoms with Gasteiger partial charge in [-0.15, -0.1) is 0 Å². The Morgan fingerprint density at radius 2 is 1.39 bits per heavy atom. The Hall–Kier alpha value is 0.274. The second kappa shape index (κ2) is 9.60. The molecule has 1 rings (SSSR count). The zero-order valence-electron chi connectivity index (χ0n) is 20.6. The third-order valence-corrected chi connectivity index (χ3v) is 17.9. The normalized spacial score (nSPS) is 23.6. The van der Waals surface area contributed by atoms with Crippen molar-refractivity contribution >= 4 is 16.6 Å². The molecule has 6 heteroatoms. The molecule has 0 spiro atoms. The second-order valence-corrected chi connectivity index (χ2v) is 21.4. The van der Waals surface area contributed by atoms with Crippen LogP contribution in [0.25, 0.3) is 0 Å². The van der Waals surface area contributed by atoms with E-state index in [-0.39, 0.29) is 35.9 Å². The van der Waals surface area contributed by atoms with E-state index in [1.54, 1.807) is 0 Å². The Bertz CT molecular complexity index is 464. The van der Waals surface area contributed by atoms with Gasteiger partial charge in [-0.3, -0.25) is 0 Å². The van der Waals surface area contributed by atoms with Crippen LogP contribution in [0.5, 0.6) is 0 Å². The van der Waals surface area contributed by atoms with E-state index in [4.69, 9.17) is 13.6 Å². The minimum Gasteiger partial charge on any atom is -0.413 e. The molecule has 1 saturated heterocycles. The molecule has 1 N–H and O–H groups in total. The number of rotatable bonds is 11. The molecule has 0 unspecified atom stereocenters. The van der Waals surface area contributed by atoms with E-state index >= 15 is 0 Å². The Kier molecular flexibility index (Phi) is 9.02. The van der Waals surface area contributed by atoms with Gasteiger partial charge in [0.05, 0.1) is 31.5 Å². The number of hydrogen-bond donors (Lipinski definition) is 1. The Morgan fingerprint density at radius 1 is 0.964 bits per heavy atom. The Balaban J connectivity index is 3.14. The molecule has 0 amide bonds. The summed E-state index contributed by atoms with van der Waals surface area (Å²) < 4.78 is 19.5. The molecule has 0 saturated carbocycles. The maximum Gasteiger partial charge on any atom is 0.200 e. The topological polar surface area (TPSA) is 51.2 Å². The van der Waals surface area contributed by atoms with E-state index in [2.05, 4.69) is 82.3 Å². The third kappa shape index (κ3) is 5.70. The van der Waals surface area contributed by atoms with Crippen molar-refractivity contribution in [2.75, 3.05) is 13.2 Å². The first-order valence-electron chi connectivity index (χ1n) is 11.2. The van der Waals surface area contributed by atoms with E-state index in [0.717, 1.165) is 0 Å². The van der Waals surface area contributed by atoms with Crippen molar-refractivity contribution in [3.63, 3.8) is 0 Å². The summed E-state index contributed by atoms with van der Waals surface area (Å²) in [5.41, 5.74) is 1.60. The summed E-state index contributed by atoms with van der Waals surface area (Å²) in [6.45, 7) is 27.9. The summed E-state index contributed by atoms with van der Waals surface area (Å²) in [6.07, 6.45) is 0.158. The van der Waals surface area contributed by atoms with Crippen LogP contribution in [0.2, 0.25) is 34.8 Å². The smallest absolute Gasteiger partial charge is 0.200 e. The lowest BCUT2D eigenvalue weighted by molar-refractivity contribution is 0.0212. The van der Waals surface area contributed by atoms with Crippen molar-refractivity contribution in [3.05, 3.63) is 0 Å². The van der Waals surface area contributed by atoms with E-state index in [1.165, 1.54) is 0 Å². The van der Waals surface area contributed by atoms with Crippen molar-refractivity contribution in [1.29, 1.82) is 0 Å². The van der Waals surface area contributed by atoms with Gasteiger partial charge >= 0.3 is 0 Å². The maximum absolute atomic E-state index is 10.2. The number of epoxide rings is 1. The highest BCUT2D eigenvalue weighted by Crippen LogP contribution is 2.44. The average Bonchev–Trinajstić information content (AvgIpc) is 3.22. The molecule has 0 radical (unpaired) electrons. The van der Waals surface area contributed by atoms with E-state index < -0.39 is 16.6 Å². The molecule has 28 heavy (non-hydrogen) atoms. The Labute approximate surface area is 177 Å². The molecule has 1 fully saturated rings. The van der Waals surface area contributed by atoms with E-state index in [0.29, 0.717) is 23.2 Å². The highest BCUT2D eigenvalue weighted by Gasteiger charge is 2.50. The molecule has 0 aromatic carbocycles. The van der Waals surface area contributed by atoms with Crippen LogP contribution in [0, 0.1) is 5.92 Å². The van der Waals surface area contributed by atoms with Crippen molar-refractivity contribution in [3.8, 4) is 0 Å². The van der Waals surface area contributed by atoms with Crippen LogP contribution in [-0.2, 0) is 13.6 Å². The van der Waals surface area contributed by atoms with Crippen LogP contribution in [0.4, 0.5) is 0 Å². The predicted octanol–water partition coefficient (Wildman–Crippen LogP) is 5.96. The highest BCUT2D eigenvalue weighted by atomic mass is 28.4. The zero-order valence-corrected chi connectivity index (χ0v) is 22.6. The van der Waals surface area contributed by atoms with Gasteiger partial charge in [0.2, 0.25) is 0 Å². The molecule has 1 heterocycles. The predicted molar refractivity (Wildman–Crippen MR) is 124 cm³/mol. The van der Waals surface area contributed by atoms with Crippen LogP contribution in [-0.4, -0.2) is 53.3 Å². The van der Waals surface area contributed by atoms with Crippen LogP contribution in [0.3, 0.4) is 0 Å². The lowest BCUT2D eigenvalue weighted by Crippen LogP contribution is -2.53. The molecule has 4 atom stereocenters. The fraction of sp³-hybridized carbons (Fsp3) is 1.00. The first-order chi connectivity index (χ1) is 12.6. The Morgan fingerprint density at radius 3 is 1.68 bits per heavy atom. The van der Waals surface area contributed by atoms with Crippen molar-refractivity contribution in [1.82, 2.24) is 0 Å². The molecule has 1 aliphatic rings. The van der Waals surface area contributed by atoms with Crippen LogP contribution in [0.15, 0.2) is 0 Å². The second-order valence-electron chi connectivity index (χ2n) is 11.2. The van der Waals surface area contributed by atoms with Gasteiger partial charge in [-0.05, 0) is 41.7 Å². The quantitative estimate of drug-likeness (QED) is 0.323. The van der Waals surface area contributed by atoms with Gasteiger partial charge in [0.1, 0.15) is 0 Å². The summed E-state index contributed by atoms with van der Waals surface area (Å²) in [7, 11) is -3.98. The van der Waals surface area contributed by atoms with Gasteiger partial charge in [-0.1, -0.05) is 62.3 Å². The number of ether oxygens (including phenoxy) is 1. The van der Waals surface area contributed by atoms with Gasteiger partial charge in [-0.25, -0.2) is 0 Å². The SMILES string of the molecule is CC(C)[Si](OC[C@@H](O[Si](C)(C)C(C)(C)C)[C@H](CO)[C@H]1O[C@H]1C)(C(C)C)C(C)C. The van der Waals surface area contributed by atoms with Crippen LogP contribution in [0.1, 0.15) is 69.2 Å². The summed E-state index contributed by atoms with van der Waals surface area (Å²) in [6, 6.07) is 0. The fourth-order valence-electron chi connectivity index (χ4n) is 4.61. The van der Waals surface area contributed by atoms with Gasteiger partial charge in [0.25, 0.3) is 0 Å². The fourth-order valence-corrected chi connectivity index (χ4v) is 11.4. The van der Waals surface area contributed by atoms with Crippen LogP contribution < -0.4 is 0 Å². The standard InChI is InChI=1S/C22H48O4Si2/c1-15(2)28(16(3)4,17(5)6)24-14-20(19(13-23)21-18(7)25-21)26-27(11,12)22(8,9)10/h15-21,23H,13-14H2,1-12H3/t18-,19-,20+,21-/m0/s1.